The van der Waals surface area contributed by atoms with Crippen molar-refractivity contribution in [3.63, 3.8) is 0 Å². The van der Waals surface area contributed by atoms with Crippen LogP contribution in [0.2, 0.25) is 5.02 Å². The maximum atomic E-state index is 13.2. The zero-order valence-corrected chi connectivity index (χ0v) is 17.6. The van der Waals surface area contributed by atoms with E-state index in [0.29, 0.717) is 28.6 Å². The van der Waals surface area contributed by atoms with E-state index in [-0.39, 0.29) is 11.8 Å². The van der Waals surface area contributed by atoms with Crippen molar-refractivity contribution in [2.24, 2.45) is 0 Å². The Morgan fingerprint density at radius 3 is 2.10 bits per heavy atom. The molecule has 4 nitrogen and oxygen atoms in total. The number of carbonyl (C=O) groups excluding carboxylic acids is 2. The number of carbonyl (C=O) groups is 2. The summed E-state index contributed by atoms with van der Waals surface area (Å²) in [5.74, 6) is -0.592. The van der Waals surface area contributed by atoms with Crippen molar-refractivity contribution in [2.45, 2.75) is 11.3 Å². The van der Waals surface area contributed by atoms with E-state index >= 15 is 0 Å². The summed E-state index contributed by atoms with van der Waals surface area (Å²) in [6, 6.07) is 26.4. The molecule has 2 amide bonds. The van der Waals surface area contributed by atoms with E-state index in [4.69, 9.17) is 11.6 Å². The second-order valence-corrected chi connectivity index (χ2v) is 8.27. The van der Waals surface area contributed by atoms with Crippen LogP contribution in [-0.2, 0) is 16.0 Å². The molecule has 0 atom stereocenters. The Balaban J connectivity index is 1.60. The van der Waals surface area contributed by atoms with Crippen LogP contribution in [0.25, 0.3) is 0 Å². The largest absolute Gasteiger partial charge is 0.350 e. The van der Waals surface area contributed by atoms with E-state index in [2.05, 4.69) is 5.32 Å². The van der Waals surface area contributed by atoms with Gasteiger partial charge in [0.05, 0.1) is 0 Å². The van der Waals surface area contributed by atoms with Crippen LogP contribution < -0.4 is 5.32 Å². The molecule has 1 N–H and O–H groups in total. The Hall–Kier alpha value is -3.02. The van der Waals surface area contributed by atoms with Crippen molar-refractivity contribution < 1.29 is 9.59 Å². The molecule has 0 spiro atoms. The van der Waals surface area contributed by atoms with Gasteiger partial charge in [-0.1, -0.05) is 71.9 Å². The zero-order valence-electron chi connectivity index (χ0n) is 16.0. The van der Waals surface area contributed by atoms with Gasteiger partial charge in [-0.15, -0.1) is 0 Å². The number of para-hydroxylation sites is 1. The molecule has 0 bridgehead atoms. The number of nitrogens with zero attached hydrogens (tertiary/aromatic N) is 1. The molecule has 0 unspecified atom stereocenters. The first kappa shape index (κ1) is 20.3. The highest BCUT2D eigenvalue weighted by atomic mass is 35.5. The third kappa shape index (κ3) is 4.58. The number of anilines is 1. The van der Waals surface area contributed by atoms with Gasteiger partial charge in [0.1, 0.15) is 10.6 Å². The lowest BCUT2D eigenvalue weighted by Gasteiger charge is -2.15. The molecule has 4 rings (SSSR count). The molecule has 0 saturated heterocycles. The lowest BCUT2D eigenvalue weighted by molar-refractivity contribution is -0.137. The third-order valence-electron chi connectivity index (χ3n) is 4.67. The van der Waals surface area contributed by atoms with Crippen molar-refractivity contribution in [2.75, 3.05) is 11.9 Å². The van der Waals surface area contributed by atoms with Crippen LogP contribution in [0, 0.1) is 0 Å². The van der Waals surface area contributed by atoms with Gasteiger partial charge >= 0.3 is 0 Å². The molecular weight excluding hydrogens is 416 g/mol. The van der Waals surface area contributed by atoms with Gasteiger partial charge < -0.3 is 5.32 Å². The maximum Gasteiger partial charge on any atom is 0.278 e. The minimum Gasteiger partial charge on any atom is -0.350 e. The lowest BCUT2D eigenvalue weighted by Crippen LogP contribution is -2.34. The number of benzene rings is 3. The van der Waals surface area contributed by atoms with Gasteiger partial charge in [-0.2, -0.15) is 0 Å². The van der Waals surface area contributed by atoms with Crippen LogP contribution >= 0.6 is 23.4 Å². The van der Waals surface area contributed by atoms with Crippen LogP contribution in [0.4, 0.5) is 5.69 Å². The van der Waals surface area contributed by atoms with Crippen LogP contribution in [0.1, 0.15) is 5.56 Å². The summed E-state index contributed by atoms with van der Waals surface area (Å²) in [6.45, 7) is 0.326. The number of rotatable bonds is 7. The second-order valence-electron chi connectivity index (χ2n) is 6.75. The zero-order chi connectivity index (χ0) is 20.9. The van der Waals surface area contributed by atoms with E-state index in [1.54, 1.807) is 12.1 Å². The van der Waals surface area contributed by atoms with Gasteiger partial charge in [-0.05, 0) is 48.4 Å². The molecule has 1 heterocycles. The molecular formula is C24H19ClN2O2S. The summed E-state index contributed by atoms with van der Waals surface area (Å²) in [7, 11) is 0. The lowest BCUT2D eigenvalue weighted by atomic mass is 10.1. The molecule has 0 radical (unpaired) electrons. The number of hydrogen-bond donors (Lipinski definition) is 1. The third-order valence-corrected chi connectivity index (χ3v) is 6.01. The van der Waals surface area contributed by atoms with Crippen molar-refractivity contribution in [1.29, 1.82) is 0 Å². The summed E-state index contributed by atoms with van der Waals surface area (Å²) in [4.78, 5) is 28.9. The normalized spacial score (nSPS) is 13.8. The summed E-state index contributed by atoms with van der Waals surface area (Å²) in [5, 5.41) is 3.77. The Kier molecular flexibility index (Phi) is 6.21. The van der Waals surface area contributed by atoms with Gasteiger partial charge in [-0.25, -0.2) is 0 Å². The monoisotopic (exact) mass is 434 g/mol. The fraction of sp³-hybridized carbons (Fsp3) is 0.0833. The standard InChI is InChI=1S/C24H19ClN2O2S/c25-18-11-13-20(14-12-18)30-22-21(26-19-9-5-2-6-10-19)23(28)27(24(22)29)16-15-17-7-3-1-4-8-17/h1-14,26H,15-16H2. The minimum atomic E-state index is -0.309. The van der Waals surface area contributed by atoms with Gasteiger partial charge in [0.15, 0.2) is 0 Å². The molecule has 0 aromatic heterocycles. The number of amides is 2. The molecule has 0 saturated carbocycles. The summed E-state index contributed by atoms with van der Waals surface area (Å²) in [5.41, 5.74) is 2.14. The number of halogens is 1. The fourth-order valence-corrected chi connectivity index (χ4v) is 4.21. The van der Waals surface area contributed by atoms with E-state index < -0.39 is 0 Å². The quantitative estimate of drug-likeness (QED) is 0.508. The first-order chi connectivity index (χ1) is 14.6. The maximum absolute atomic E-state index is 13.2. The minimum absolute atomic E-state index is 0.283. The first-order valence-electron chi connectivity index (χ1n) is 9.52. The molecule has 30 heavy (non-hydrogen) atoms. The predicted octanol–water partition coefficient (Wildman–Crippen LogP) is 5.37. The highest BCUT2D eigenvalue weighted by Crippen LogP contribution is 2.36. The highest BCUT2D eigenvalue weighted by molar-refractivity contribution is 8.04. The van der Waals surface area contributed by atoms with E-state index in [1.807, 2.05) is 72.8 Å². The Morgan fingerprint density at radius 1 is 0.800 bits per heavy atom. The van der Waals surface area contributed by atoms with E-state index in [0.717, 1.165) is 16.1 Å². The van der Waals surface area contributed by atoms with Crippen molar-refractivity contribution in [3.8, 4) is 0 Å². The SMILES string of the molecule is O=C1C(Nc2ccccc2)=C(Sc2ccc(Cl)cc2)C(=O)N1CCc1ccccc1. The van der Waals surface area contributed by atoms with Gasteiger partial charge in [0.25, 0.3) is 11.8 Å². The smallest absolute Gasteiger partial charge is 0.278 e. The van der Waals surface area contributed by atoms with Crippen LogP contribution in [0.3, 0.4) is 0 Å². The highest BCUT2D eigenvalue weighted by Gasteiger charge is 2.38. The molecule has 150 valence electrons. The van der Waals surface area contributed by atoms with E-state index in [9.17, 15) is 9.59 Å². The van der Waals surface area contributed by atoms with Gasteiger partial charge in [0, 0.05) is 22.2 Å². The summed E-state index contributed by atoms with van der Waals surface area (Å²) in [6.07, 6.45) is 0.607. The molecule has 3 aromatic carbocycles. The van der Waals surface area contributed by atoms with Crippen molar-refractivity contribution in [1.82, 2.24) is 4.90 Å². The molecule has 1 aliphatic heterocycles. The fourth-order valence-electron chi connectivity index (χ4n) is 3.13. The molecule has 0 aliphatic carbocycles. The Bertz CT molecular complexity index is 1080. The number of thioether (sulfide) groups is 1. The molecule has 6 heteroatoms. The Morgan fingerprint density at radius 2 is 1.43 bits per heavy atom. The average Bonchev–Trinajstić information content (AvgIpc) is 2.99. The van der Waals surface area contributed by atoms with Crippen molar-refractivity contribution in [3.05, 3.63) is 106 Å². The average molecular weight is 435 g/mol. The van der Waals surface area contributed by atoms with Gasteiger partial charge in [-0.3, -0.25) is 14.5 Å². The summed E-state index contributed by atoms with van der Waals surface area (Å²) < 4.78 is 0. The van der Waals surface area contributed by atoms with Crippen LogP contribution in [-0.4, -0.2) is 23.3 Å². The van der Waals surface area contributed by atoms with Gasteiger partial charge in [0.2, 0.25) is 0 Å². The molecule has 3 aromatic rings. The topological polar surface area (TPSA) is 49.4 Å². The molecule has 0 fully saturated rings. The predicted molar refractivity (Wildman–Crippen MR) is 121 cm³/mol. The molecule has 1 aliphatic rings. The number of nitrogens with one attached hydrogen (secondary N) is 1. The van der Waals surface area contributed by atoms with E-state index in [1.165, 1.54) is 16.7 Å². The second kappa shape index (κ2) is 9.20. The number of imide groups is 1. The first-order valence-corrected chi connectivity index (χ1v) is 10.7. The summed E-state index contributed by atoms with van der Waals surface area (Å²) >= 11 is 7.25. The Labute approximate surface area is 184 Å². The van der Waals surface area contributed by atoms with Crippen molar-refractivity contribution >= 4 is 40.9 Å². The number of hydrogen-bond acceptors (Lipinski definition) is 4. The van der Waals surface area contributed by atoms with Crippen LogP contribution in [0.5, 0.6) is 0 Å². The van der Waals surface area contributed by atoms with Crippen LogP contribution in [0.15, 0.2) is 100 Å².